The molecule has 16 heavy (non-hydrogen) atoms. The fourth-order valence-electron chi connectivity index (χ4n) is 2.35. The molecule has 4 heteroatoms. The molecule has 0 aromatic rings. The number of nitrogens with zero attached hydrogens (tertiary/aromatic N) is 1. The minimum absolute atomic E-state index is 0.0845. The molecular formula is C12H19NO3. The van der Waals surface area contributed by atoms with E-state index in [-0.39, 0.29) is 12.0 Å². The molecule has 2 atom stereocenters. The number of ether oxygens (including phenoxy) is 1. The van der Waals surface area contributed by atoms with Crippen molar-refractivity contribution >= 4 is 11.9 Å². The van der Waals surface area contributed by atoms with Crippen molar-refractivity contribution in [1.29, 1.82) is 0 Å². The minimum atomic E-state index is -0.461. The van der Waals surface area contributed by atoms with Gasteiger partial charge in [0.25, 0.3) is 0 Å². The molecule has 2 aliphatic rings. The molecule has 2 fully saturated rings. The summed E-state index contributed by atoms with van der Waals surface area (Å²) >= 11 is 0. The van der Waals surface area contributed by atoms with Crippen LogP contribution >= 0.6 is 0 Å². The number of carbonyl (C=O) groups excluding carboxylic acids is 2. The van der Waals surface area contributed by atoms with E-state index in [1.54, 1.807) is 4.90 Å². The number of rotatable bonds is 0. The van der Waals surface area contributed by atoms with Crippen LogP contribution in [0.2, 0.25) is 0 Å². The van der Waals surface area contributed by atoms with Gasteiger partial charge < -0.3 is 9.64 Å². The Morgan fingerprint density at radius 2 is 2.12 bits per heavy atom. The van der Waals surface area contributed by atoms with E-state index >= 15 is 0 Å². The van der Waals surface area contributed by atoms with Gasteiger partial charge in [-0.15, -0.1) is 0 Å². The Morgan fingerprint density at radius 1 is 1.44 bits per heavy atom. The fraction of sp³-hybridized carbons (Fsp3) is 0.833. The lowest BCUT2D eigenvalue weighted by molar-refractivity contribution is -0.137. The van der Waals surface area contributed by atoms with Crippen LogP contribution in [-0.4, -0.2) is 35.5 Å². The SMILES string of the molecule is CC(C)(C)OC(=O)N1CCC2CC(=O)C2C1. The maximum absolute atomic E-state index is 11.8. The van der Waals surface area contributed by atoms with Gasteiger partial charge in [-0.05, 0) is 33.1 Å². The van der Waals surface area contributed by atoms with Gasteiger partial charge in [-0.1, -0.05) is 0 Å². The lowest BCUT2D eigenvalue weighted by Gasteiger charge is -2.43. The zero-order valence-electron chi connectivity index (χ0n) is 10.2. The number of ketones is 1. The van der Waals surface area contributed by atoms with Crippen LogP contribution in [0, 0.1) is 11.8 Å². The van der Waals surface area contributed by atoms with E-state index < -0.39 is 5.60 Å². The first-order valence-corrected chi connectivity index (χ1v) is 5.87. The van der Waals surface area contributed by atoms with E-state index in [0.717, 1.165) is 13.0 Å². The predicted molar refractivity (Wildman–Crippen MR) is 59.0 cm³/mol. The fourth-order valence-corrected chi connectivity index (χ4v) is 2.35. The number of amides is 1. The molecule has 0 aromatic heterocycles. The Morgan fingerprint density at radius 3 is 2.69 bits per heavy atom. The topological polar surface area (TPSA) is 46.6 Å². The number of carbonyl (C=O) groups is 2. The summed E-state index contributed by atoms with van der Waals surface area (Å²) < 4.78 is 5.30. The normalized spacial score (nSPS) is 29.4. The summed E-state index contributed by atoms with van der Waals surface area (Å²) in [4.78, 5) is 24.8. The number of hydrogen-bond acceptors (Lipinski definition) is 3. The lowest BCUT2D eigenvalue weighted by atomic mass is 9.68. The van der Waals surface area contributed by atoms with E-state index in [4.69, 9.17) is 4.74 Å². The summed E-state index contributed by atoms with van der Waals surface area (Å²) in [6.45, 7) is 6.84. The minimum Gasteiger partial charge on any atom is -0.444 e. The van der Waals surface area contributed by atoms with Gasteiger partial charge in [0.1, 0.15) is 11.4 Å². The maximum atomic E-state index is 11.8. The van der Waals surface area contributed by atoms with E-state index in [2.05, 4.69) is 0 Å². The first-order chi connectivity index (χ1) is 7.37. The molecule has 0 bridgehead atoms. The number of piperidine rings is 1. The molecule has 0 spiro atoms. The molecule has 1 aliphatic carbocycles. The molecule has 90 valence electrons. The van der Waals surface area contributed by atoms with E-state index in [9.17, 15) is 9.59 Å². The zero-order valence-corrected chi connectivity index (χ0v) is 10.2. The van der Waals surface area contributed by atoms with Crippen LogP contribution in [0.3, 0.4) is 0 Å². The van der Waals surface area contributed by atoms with Gasteiger partial charge in [0.15, 0.2) is 0 Å². The van der Waals surface area contributed by atoms with Crippen LogP contribution in [0.4, 0.5) is 4.79 Å². The third kappa shape index (κ3) is 2.20. The zero-order chi connectivity index (χ0) is 11.9. The molecule has 1 heterocycles. The van der Waals surface area contributed by atoms with Gasteiger partial charge in [-0.3, -0.25) is 4.79 Å². The number of Topliss-reactive ketones (excluding diaryl/α,β-unsaturated/α-hetero) is 1. The Hall–Kier alpha value is -1.06. The highest BCUT2D eigenvalue weighted by molar-refractivity contribution is 5.88. The van der Waals surface area contributed by atoms with Crippen molar-refractivity contribution < 1.29 is 14.3 Å². The van der Waals surface area contributed by atoms with Crippen LogP contribution in [0.1, 0.15) is 33.6 Å². The van der Waals surface area contributed by atoms with Crippen LogP contribution in [0.25, 0.3) is 0 Å². The van der Waals surface area contributed by atoms with E-state index in [1.807, 2.05) is 20.8 Å². The summed E-state index contributed by atoms with van der Waals surface area (Å²) in [6.07, 6.45) is 1.37. The maximum Gasteiger partial charge on any atom is 0.410 e. The van der Waals surface area contributed by atoms with Gasteiger partial charge in [-0.25, -0.2) is 4.79 Å². The summed E-state index contributed by atoms with van der Waals surface area (Å²) in [6, 6.07) is 0. The second kappa shape index (κ2) is 3.75. The van der Waals surface area contributed by atoms with Crippen LogP contribution < -0.4 is 0 Å². The molecule has 1 saturated heterocycles. The highest BCUT2D eigenvalue weighted by Crippen LogP contribution is 2.37. The van der Waals surface area contributed by atoms with E-state index in [1.165, 1.54) is 0 Å². The summed E-state index contributed by atoms with van der Waals surface area (Å²) in [5.41, 5.74) is -0.461. The molecule has 0 aromatic carbocycles. The Kier molecular flexibility index (Phi) is 2.68. The molecule has 4 nitrogen and oxygen atoms in total. The first-order valence-electron chi connectivity index (χ1n) is 5.87. The van der Waals surface area contributed by atoms with Crippen LogP contribution in [-0.2, 0) is 9.53 Å². The third-order valence-corrected chi connectivity index (χ3v) is 3.28. The van der Waals surface area contributed by atoms with Gasteiger partial charge in [0.2, 0.25) is 0 Å². The molecule has 1 saturated carbocycles. The van der Waals surface area contributed by atoms with Crippen molar-refractivity contribution in [2.45, 2.75) is 39.2 Å². The van der Waals surface area contributed by atoms with Crippen molar-refractivity contribution in [1.82, 2.24) is 4.90 Å². The average Bonchev–Trinajstić information content (AvgIpc) is 2.13. The average molecular weight is 225 g/mol. The number of hydrogen-bond donors (Lipinski definition) is 0. The quantitative estimate of drug-likeness (QED) is 0.632. The smallest absolute Gasteiger partial charge is 0.410 e. The molecule has 0 N–H and O–H groups in total. The summed E-state index contributed by atoms with van der Waals surface area (Å²) in [5, 5.41) is 0. The standard InChI is InChI=1S/C12H19NO3/c1-12(2,3)16-11(15)13-5-4-8-6-10(14)9(8)7-13/h8-9H,4-7H2,1-3H3. The summed E-state index contributed by atoms with van der Waals surface area (Å²) in [5.74, 6) is 0.908. The second-order valence-electron chi connectivity index (χ2n) is 5.75. The van der Waals surface area contributed by atoms with Crippen LogP contribution in [0.15, 0.2) is 0 Å². The van der Waals surface area contributed by atoms with Crippen molar-refractivity contribution in [2.24, 2.45) is 11.8 Å². The highest BCUT2D eigenvalue weighted by Gasteiger charge is 2.44. The molecule has 1 amide bonds. The predicted octanol–water partition coefficient (Wildman–Crippen LogP) is 1.83. The molecule has 0 radical (unpaired) electrons. The van der Waals surface area contributed by atoms with Gasteiger partial charge >= 0.3 is 6.09 Å². The van der Waals surface area contributed by atoms with Crippen molar-refractivity contribution in [3.63, 3.8) is 0 Å². The molecule has 1 aliphatic heterocycles. The van der Waals surface area contributed by atoms with Crippen molar-refractivity contribution in [2.75, 3.05) is 13.1 Å². The number of fused-ring (bicyclic) bond motifs is 1. The largest absolute Gasteiger partial charge is 0.444 e. The van der Waals surface area contributed by atoms with Crippen molar-refractivity contribution in [3.8, 4) is 0 Å². The monoisotopic (exact) mass is 225 g/mol. The Balaban J connectivity index is 1.91. The second-order valence-corrected chi connectivity index (χ2v) is 5.75. The lowest BCUT2D eigenvalue weighted by Crippen LogP contribution is -2.53. The van der Waals surface area contributed by atoms with Crippen LogP contribution in [0.5, 0.6) is 0 Å². The Labute approximate surface area is 95.9 Å². The number of likely N-dealkylation sites (tertiary alicyclic amines) is 1. The Bertz CT molecular complexity index is 319. The molecule has 2 rings (SSSR count). The third-order valence-electron chi connectivity index (χ3n) is 3.28. The van der Waals surface area contributed by atoms with Gasteiger partial charge in [0, 0.05) is 25.4 Å². The van der Waals surface area contributed by atoms with Gasteiger partial charge in [0.05, 0.1) is 0 Å². The van der Waals surface area contributed by atoms with Gasteiger partial charge in [-0.2, -0.15) is 0 Å². The van der Waals surface area contributed by atoms with Crippen molar-refractivity contribution in [3.05, 3.63) is 0 Å². The first kappa shape index (κ1) is 11.4. The highest BCUT2D eigenvalue weighted by atomic mass is 16.6. The molecular weight excluding hydrogens is 206 g/mol. The summed E-state index contributed by atoms with van der Waals surface area (Å²) in [7, 11) is 0. The van der Waals surface area contributed by atoms with E-state index in [0.29, 0.717) is 24.7 Å². The molecule has 2 unspecified atom stereocenters.